The van der Waals surface area contributed by atoms with E-state index in [1.807, 2.05) is 12.1 Å². The number of nitrogens with one attached hydrogen (secondary N) is 1. The molecule has 3 heteroatoms. The molecule has 0 fully saturated rings. The molecule has 0 aliphatic carbocycles. The summed E-state index contributed by atoms with van der Waals surface area (Å²) in [5.74, 6) is 0.0709. The Morgan fingerprint density at radius 3 is 2.86 bits per heavy atom. The normalized spacial score (nSPS) is 10.7. The molecule has 1 N–H and O–H groups in total. The molecule has 0 bridgehead atoms. The Balaban J connectivity index is 2.60. The van der Waals surface area contributed by atoms with Crippen molar-refractivity contribution in [2.24, 2.45) is 0 Å². The lowest BCUT2D eigenvalue weighted by Crippen LogP contribution is -1.89. The number of Topliss-reactive ketones (excluding diaryl/α,β-unsaturated/α-hetero) is 1. The predicted octanol–water partition coefficient (Wildman–Crippen LogP) is 3.27. The monoisotopic (exact) mass is 251 g/mol. The molecule has 72 valence electrons. The summed E-state index contributed by atoms with van der Waals surface area (Å²) in [4.78, 5) is 14.2. The largest absolute Gasteiger partial charge is 0.352 e. The molecule has 0 atom stereocenters. The second-order valence-corrected chi connectivity index (χ2v) is 3.86. The minimum Gasteiger partial charge on any atom is -0.352 e. The van der Waals surface area contributed by atoms with Crippen molar-refractivity contribution in [1.82, 2.24) is 4.98 Å². The van der Waals surface area contributed by atoms with E-state index in [0.29, 0.717) is 5.69 Å². The highest BCUT2D eigenvalue weighted by Crippen LogP contribution is 2.18. The Hall–Kier alpha value is -1.09. The molecular formula is C11H10BrNO. The summed E-state index contributed by atoms with van der Waals surface area (Å²) in [7, 11) is 0. The first-order chi connectivity index (χ1) is 6.70. The van der Waals surface area contributed by atoms with E-state index in [9.17, 15) is 4.79 Å². The SMILES string of the molecule is CC(=O)c1cc2ccc(CBr)cc2[nH]1. The number of alkyl halides is 1. The molecule has 1 aromatic heterocycles. The molecule has 2 aromatic rings. The molecule has 0 saturated carbocycles. The number of aromatic amines is 1. The third kappa shape index (κ3) is 1.60. The maximum absolute atomic E-state index is 11.1. The van der Waals surface area contributed by atoms with E-state index in [1.54, 1.807) is 6.92 Å². The maximum Gasteiger partial charge on any atom is 0.175 e. The van der Waals surface area contributed by atoms with Crippen molar-refractivity contribution < 1.29 is 4.79 Å². The van der Waals surface area contributed by atoms with Crippen LogP contribution >= 0.6 is 15.9 Å². The lowest BCUT2D eigenvalue weighted by Gasteiger charge is -1.94. The number of H-pyrrole nitrogens is 1. The molecule has 0 saturated heterocycles. The molecule has 14 heavy (non-hydrogen) atoms. The molecule has 0 spiro atoms. The molecular weight excluding hydrogens is 242 g/mol. The predicted molar refractivity (Wildman–Crippen MR) is 60.9 cm³/mol. The standard InChI is InChI=1S/C11H10BrNO/c1-7(14)10-5-9-3-2-8(6-12)4-11(9)13-10/h2-5,13H,6H2,1H3. The quantitative estimate of drug-likeness (QED) is 0.645. The second kappa shape index (κ2) is 3.58. The molecule has 1 heterocycles. The van der Waals surface area contributed by atoms with Gasteiger partial charge in [0, 0.05) is 23.2 Å². The van der Waals surface area contributed by atoms with Crippen LogP contribution in [0.1, 0.15) is 23.0 Å². The Bertz CT molecular complexity index is 487. The van der Waals surface area contributed by atoms with Gasteiger partial charge in [0.1, 0.15) is 0 Å². The third-order valence-corrected chi connectivity index (χ3v) is 2.87. The average molecular weight is 252 g/mol. The lowest BCUT2D eigenvalue weighted by atomic mass is 10.2. The number of fused-ring (bicyclic) bond motifs is 1. The highest BCUT2D eigenvalue weighted by molar-refractivity contribution is 9.08. The Kier molecular flexibility index (Phi) is 2.42. The van der Waals surface area contributed by atoms with E-state index in [-0.39, 0.29) is 5.78 Å². The van der Waals surface area contributed by atoms with Gasteiger partial charge in [0.05, 0.1) is 5.69 Å². The molecule has 2 nitrogen and oxygen atoms in total. The summed E-state index contributed by atoms with van der Waals surface area (Å²) in [6.45, 7) is 1.57. The number of carbonyl (C=O) groups excluding carboxylic acids is 1. The van der Waals surface area contributed by atoms with Crippen LogP contribution in [0, 0.1) is 0 Å². The highest BCUT2D eigenvalue weighted by Gasteiger charge is 2.04. The fraction of sp³-hybridized carbons (Fsp3) is 0.182. The van der Waals surface area contributed by atoms with Gasteiger partial charge in [0.25, 0.3) is 0 Å². The van der Waals surface area contributed by atoms with Gasteiger partial charge < -0.3 is 4.98 Å². The fourth-order valence-electron chi connectivity index (χ4n) is 1.45. The van der Waals surface area contributed by atoms with Crippen molar-refractivity contribution in [3.05, 3.63) is 35.5 Å². The van der Waals surface area contributed by atoms with Gasteiger partial charge in [-0.1, -0.05) is 28.1 Å². The summed E-state index contributed by atoms with van der Waals surface area (Å²) in [6.07, 6.45) is 0. The minimum absolute atomic E-state index is 0.0709. The Labute approximate surface area is 90.4 Å². The number of rotatable bonds is 2. The van der Waals surface area contributed by atoms with Gasteiger partial charge in [-0.3, -0.25) is 4.79 Å². The summed E-state index contributed by atoms with van der Waals surface area (Å²) in [5, 5.41) is 1.91. The van der Waals surface area contributed by atoms with Crippen molar-refractivity contribution in [3.8, 4) is 0 Å². The Morgan fingerprint density at radius 2 is 2.21 bits per heavy atom. The molecule has 0 unspecified atom stereocenters. The number of carbonyl (C=O) groups is 1. The first kappa shape index (κ1) is 9.46. The Morgan fingerprint density at radius 1 is 1.43 bits per heavy atom. The van der Waals surface area contributed by atoms with Gasteiger partial charge in [-0.2, -0.15) is 0 Å². The van der Waals surface area contributed by atoms with Crippen molar-refractivity contribution in [2.45, 2.75) is 12.3 Å². The van der Waals surface area contributed by atoms with Crippen LogP contribution in [0.5, 0.6) is 0 Å². The highest BCUT2D eigenvalue weighted by atomic mass is 79.9. The van der Waals surface area contributed by atoms with Crippen LogP contribution in [0.3, 0.4) is 0 Å². The van der Waals surface area contributed by atoms with Crippen LogP contribution in [0.25, 0.3) is 10.9 Å². The van der Waals surface area contributed by atoms with Gasteiger partial charge in [0.15, 0.2) is 5.78 Å². The summed E-state index contributed by atoms with van der Waals surface area (Å²) in [5.41, 5.74) is 2.90. The van der Waals surface area contributed by atoms with Crippen LogP contribution in [0.2, 0.25) is 0 Å². The zero-order valence-corrected chi connectivity index (χ0v) is 9.39. The fourth-order valence-corrected chi connectivity index (χ4v) is 1.80. The van der Waals surface area contributed by atoms with E-state index in [0.717, 1.165) is 16.2 Å². The molecule has 0 amide bonds. The summed E-state index contributed by atoms with van der Waals surface area (Å²) in [6, 6.07) is 8.01. The van der Waals surface area contributed by atoms with Crippen molar-refractivity contribution in [3.63, 3.8) is 0 Å². The lowest BCUT2D eigenvalue weighted by molar-refractivity contribution is 0.101. The van der Waals surface area contributed by atoms with Gasteiger partial charge >= 0.3 is 0 Å². The third-order valence-electron chi connectivity index (χ3n) is 2.22. The molecule has 1 aromatic carbocycles. The maximum atomic E-state index is 11.1. The van der Waals surface area contributed by atoms with E-state index in [1.165, 1.54) is 5.56 Å². The second-order valence-electron chi connectivity index (χ2n) is 3.29. The molecule has 0 aliphatic rings. The topological polar surface area (TPSA) is 32.9 Å². The number of hydrogen-bond acceptors (Lipinski definition) is 1. The number of aromatic nitrogens is 1. The first-order valence-corrected chi connectivity index (χ1v) is 5.51. The number of benzene rings is 1. The summed E-state index contributed by atoms with van der Waals surface area (Å²) >= 11 is 3.40. The van der Waals surface area contributed by atoms with Gasteiger partial charge in [0.2, 0.25) is 0 Å². The molecule has 0 aliphatic heterocycles. The zero-order valence-electron chi connectivity index (χ0n) is 7.80. The van der Waals surface area contributed by atoms with Crippen LogP contribution in [-0.4, -0.2) is 10.8 Å². The van der Waals surface area contributed by atoms with Gasteiger partial charge in [-0.25, -0.2) is 0 Å². The van der Waals surface area contributed by atoms with E-state index < -0.39 is 0 Å². The molecule has 2 rings (SSSR count). The van der Waals surface area contributed by atoms with E-state index >= 15 is 0 Å². The number of halogens is 1. The van der Waals surface area contributed by atoms with Gasteiger partial charge in [-0.15, -0.1) is 0 Å². The van der Waals surface area contributed by atoms with Crippen LogP contribution in [0.15, 0.2) is 24.3 Å². The van der Waals surface area contributed by atoms with Gasteiger partial charge in [-0.05, 0) is 17.7 Å². The van der Waals surface area contributed by atoms with Crippen LogP contribution in [-0.2, 0) is 5.33 Å². The van der Waals surface area contributed by atoms with Crippen LogP contribution < -0.4 is 0 Å². The van der Waals surface area contributed by atoms with E-state index in [2.05, 4.69) is 33.0 Å². The van der Waals surface area contributed by atoms with E-state index in [4.69, 9.17) is 0 Å². The van der Waals surface area contributed by atoms with Crippen molar-refractivity contribution in [1.29, 1.82) is 0 Å². The summed E-state index contributed by atoms with van der Waals surface area (Å²) < 4.78 is 0. The molecule has 0 radical (unpaired) electrons. The smallest absolute Gasteiger partial charge is 0.175 e. The number of ketones is 1. The van der Waals surface area contributed by atoms with Crippen LogP contribution in [0.4, 0.5) is 0 Å². The number of hydrogen-bond donors (Lipinski definition) is 1. The zero-order chi connectivity index (χ0) is 10.1. The average Bonchev–Trinajstić information content (AvgIpc) is 2.59. The van der Waals surface area contributed by atoms with Crippen molar-refractivity contribution >= 4 is 32.6 Å². The first-order valence-electron chi connectivity index (χ1n) is 4.39. The van der Waals surface area contributed by atoms with Crippen molar-refractivity contribution in [2.75, 3.05) is 0 Å². The minimum atomic E-state index is 0.0709.